The van der Waals surface area contributed by atoms with Crippen LogP contribution < -0.4 is 4.90 Å². The van der Waals surface area contributed by atoms with Gasteiger partial charge in [-0.1, -0.05) is 23.5 Å². The Balaban J connectivity index is 2.03. The summed E-state index contributed by atoms with van der Waals surface area (Å²) in [4.78, 5) is 31.9. The zero-order valence-corrected chi connectivity index (χ0v) is 17.2. The molecule has 0 aliphatic rings. The van der Waals surface area contributed by atoms with Crippen molar-refractivity contribution >= 4 is 38.3 Å². The Labute approximate surface area is 171 Å². The molecule has 3 aromatic rings. The molecule has 9 heteroatoms. The lowest BCUT2D eigenvalue weighted by Crippen LogP contribution is -2.34. The summed E-state index contributed by atoms with van der Waals surface area (Å²) >= 11 is 1.22. The van der Waals surface area contributed by atoms with E-state index in [2.05, 4.69) is 4.98 Å². The molecule has 0 unspecified atom stereocenters. The molecule has 3 rings (SSSR count). The fourth-order valence-corrected chi connectivity index (χ4v) is 4.05. The molecule has 0 atom stereocenters. The highest BCUT2D eigenvalue weighted by Crippen LogP contribution is 2.32. The monoisotopic (exact) mass is 416 g/mol. The predicted octanol–water partition coefficient (Wildman–Crippen LogP) is 4.25. The molecule has 0 aliphatic carbocycles. The number of fused-ring (bicyclic) bond motifs is 1. The summed E-state index contributed by atoms with van der Waals surface area (Å²) in [6.45, 7) is 2.67. The predicted molar refractivity (Wildman–Crippen MR) is 112 cm³/mol. The number of amides is 1. The SMILES string of the molecule is Cc1c(C(=O)N(CCCN(C)C)c2nc3c(F)cccc3s2)cccc1[N+](=O)[O-]. The van der Waals surface area contributed by atoms with E-state index in [0.717, 1.165) is 6.54 Å². The van der Waals surface area contributed by atoms with Crippen molar-refractivity contribution in [1.29, 1.82) is 0 Å². The van der Waals surface area contributed by atoms with Gasteiger partial charge in [-0.15, -0.1) is 0 Å². The molecule has 0 fully saturated rings. The average Bonchev–Trinajstić information content (AvgIpc) is 3.10. The molecule has 0 N–H and O–H groups in total. The molecule has 0 saturated carbocycles. The number of nitro groups is 1. The zero-order chi connectivity index (χ0) is 21.1. The van der Waals surface area contributed by atoms with Gasteiger partial charge in [0, 0.05) is 23.7 Å². The van der Waals surface area contributed by atoms with Crippen molar-refractivity contribution in [2.75, 3.05) is 32.1 Å². The van der Waals surface area contributed by atoms with E-state index in [1.807, 2.05) is 19.0 Å². The minimum absolute atomic E-state index is 0.112. The van der Waals surface area contributed by atoms with E-state index in [1.165, 1.54) is 34.4 Å². The molecule has 152 valence electrons. The van der Waals surface area contributed by atoms with Crippen LogP contribution in [0.5, 0.6) is 0 Å². The van der Waals surface area contributed by atoms with Crippen molar-refractivity contribution in [3.8, 4) is 0 Å². The van der Waals surface area contributed by atoms with Crippen LogP contribution in [-0.2, 0) is 0 Å². The first kappa shape index (κ1) is 20.8. The molecular formula is C20H21FN4O3S. The summed E-state index contributed by atoms with van der Waals surface area (Å²) in [6, 6.07) is 9.11. The average molecular weight is 416 g/mol. The minimum atomic E-state index is -0.504. The van der Waals surface area contributed by atoms with Crippen LogP contribution >= 0.6 is 11.3 Å². The normalized spacial score (nSPS) is 11.2. The fourth-order valence-electron chi connectivity index (χ4n) is 3.05. The number of hydrogen-bond acceptors (Lipinski definition) is 6. The maximum Gasteiger partial charge on any atom is 0.273 e. The fraction of sp³-hybridized carbons (Fsp3) is 0.300. The molecule has 2 aromatic carbocycles. The number of carbonyl (C=O) groups is 1. The number of rotatable bonds is 7. The Kier molecular flexibility index (Phi) is 6.19. The Morgan fingerprint density at radius 1 is 1.21 bits per heavy atom. The Bertz CT molecular complexity index is 1070. The standard InChI is InChI=1S/C20H21FN4O3S/c1-13-14(7-4-9-16(13)25(27)28)19(26)24(12-6-11-23(2)3)20-22-18-15(21)8-5-10-17(18)29-20/h4-5,7-10H,6,11-12H2,1-3H3. The van der Waals surface area contributed by atoms with Crippen LogP contribution in [0.4, 0.5) is 15.2 Å². The summed E-state index contributed by atoms with van der Waals surface area (Å²) < 4.78 is 14.7. The number of nitrogens with zero attached hydrogens (tertiary/aromatic N) is 4. The van der Waals surface area contributed by atoms with Gasteiger partial charge in [-0.3, -0.25) is 19.8 Å². The third-order valence-corrected chi connectivity index (χ3v) is 5.60. The molecule has 1 aromatic heterocycles. The van der Waals surface area contributed by atoms with E-state index in [0.29, 0.717) is 28.4 Å². The second-order valence-corrected chi connectivity index (χ2v) is 7.91. The Morgan fingerprint density at radius 2 is 1.93 bits per heavy atom. The van der Waals surface area contributed by atoms with Crippen LogP contribution in [0.15, 0.2) is 36.4 Å². The zero-order valence-electron chi connectivity index (χ0n) is 16.4. The van der Waals surface area contributed by atoms with Gasteiger partial charge in [0.25, 0.3) is 11.6 Å². The highest BCUT2D eigenvalue weighted by atomic mass is 32.1. The maximum absolute atomic E-state index is 14.1. The molecule has 1 amide bonds. The number of aromatic nitrogens is 1. The minimum Gasteiger partial charge on any atom is -0.309 e. The third-order valence-electron chi connectivity index (χ3n) is 4.55. The van der Waals surface area contributed by atoms with Crippen LogP contribution in [0.3, 0.4) is 0 Å². The highest BCUT2D eigenvalue weighted by molar-refractivity contribution is 7.22. The van der Waals surface area contributed by atoms with Gasteiger partial charge >= 0.3 is 0 Å². The van der Waals surface area contributed by atoms with E-state index >= 15 is 0 Å². The summed E-state index contributed by atoms with van der Waals surface area (Å²) in [5.74, 6) is -0.832. The highest BCUT2D eigenvalue weighted by Gasteiger charge is 2.26. The lowest BCUT2D eigenvalue weighted by molar-refractivity contribution is -0.385. The van der Waals surface area contributed by atoms with Crippen LogP contribution in [0.2, 0.25) is 0 Å². The first-order chi connectivity index (χ1) is 13.8. The number of nitro benzene ring substituents is 1. The second kappa shape index (κ2) is 8.62. The van der Waals surface area contributed by atoms with Crippen LogP contribution in [0.25, 0.3) is 10.2 Å². The van der Waals surface area contributed by atoms with E-state index < -0.39 is 10.7 Å². The van der Waals surface area contributed by atoms with Gasteiger partial charge in [-0.05, 0) is 52.2 Å². The van der Waals surface area contributed by atoms with Crippen molar-refractivity contribution < 1.29 is 14.1 Å². The molecular weight excluding hydrogens is 395 g/mol. The number of hydrogen-bond donors (Lipinski definition) is 0. The van der Waals surface area contributed by atoms with E-state index in [1.54, 1.807) is 25.1 Å². The van der Waals surface area contributed by atoms with Gasteiger partial charge in [-0.2, -0.15) is 0 Å². The Hall–Kier alpha value is -2.91. The smallest absolute Gasteiger partial charge is 0.273 e. The van der Waals surface area contributed by atoms with Crippen molar-refractivity contribution in [3.05, 3.63) is 63.5 Å². The number of thiazole rings is 1. The topological polar surface area (TPSA) is 79.6 Å². The number of halogens is 1. The van der Waals surface area contributed by atoms with Crippen molar-refractivity contribution in [1.82, 2.24) is 9.88 Å². The van der Waals surface area contributed by atoms with Crippen molar-refractivity contribution in [3.63, 3.8) is 0 Å². The first-order valence-corrected chi connectivity index (χ1v) is 9.87. The first-order valence-electron chi connectivity index (χ1n) is 9.05. The van der Waals surface area contributed by atoms with Gasteiger partial charge in [-0.25, -0.2) is 9.37 Å². The molecule has 0 bridgehead atoms. The second-order valence-electron chi connectivity index (χ2n) is 6.90. The number of anilines is 1. The Morgan fingerprint density at radius 3 is 2.59 bits per heavy atom. The van der Waals surface area contributed by atoms with Gasteiger partial charge in [0.05, 0.1) is 9.62 Å². The number of carbonyl (C=O) groups excluding carboxylic acids is 1. The molecule has 29 heavy (non-hydrogen) atoms. The largest absolute Gasteiger partial charge is 0.309 e. The molecule has 1 heterocycles. The molecule has 0 spiro atoms. The number of para-hydroxylation sites is 1. The third kappa shape index (κ3) is 4.41. The lowest BCUT2D eigenvalue weighted by atomic mass is 10.1. The summed E-state index contributed by atoms with van der Waals surface area (Å²) in [5.41, 5.74) is 0.643. The van der Waals surface area contributed by atoms with Gasteiger partial charge < -0.3 is 4.90 Å². The lowest BCUT2D eigenvalue weighted by Gasteiger charge is -2.21. The molecule has 0 saturated heterocycles. The molecule has 0 aliphatic heterocycles. The number of benzene rings is 2. The summed E-state index contributed by atoms with van der Waals surface area (Å²) in [7, 11) is 3.87. The van der Waals surface area contributed by atoms with E-state index in [4.69, 9.17) is 0 Å². The quantitative estimate of drug-likeness (QED) is 0.425. The van der Waals surface area contributed by atoms with E-state index in [-0.39, 0.29) is 22.7 Å². The summed E-state index contributed by atoms with van der Waals surface area (Å²) in [5, 5.41) is 11.6. The van der Waals surface area contributed by atoms with Crippen molar-refractivity contribution in [2.24, 2.45) is 0 Å². The molecule has 0 radical (unpaired) electrons. The summed E-state index contributed by atoms with van der Waals surface area (Å²) in [6.07, 6.45) is 0.672. The van der Waals surface area contributed by atoms with E-state index in [9.17, 15) is 19.3 Å². The van der Waals surface area contributed by atoms with Gasteiger partial charge in [0.1, 0.15) is 11.3 Å². The van der Waals surface area contributed by atoms with Gasteiger partial charge in [0.15, 0.2) is 5.13 Å². The van der Waals surface area contributed by atoms with Crippen molar-refractivity contribution in [2.45, 2.75) is 13.3 Å². The van der Waals surface area contributed by atoms with Gasteiger partial charge in [0.2, 0.25) is 0 Å². The van der Waals surface area contributed by atoms with Crippen LogP contribution in [0.1, 0.15) is 22.3 Å². The molecule has 7 nitrogen and oxygen atoms in total. The van der Waals surface area contributed by atoms with Crippen LogP contribution in [-0.4, -0.2) is 47.9 Å². The maximum atomic E-state index is 14.1. The van der Waals surface area contributed by atoms with Crippen LogP contribution in [0, 0.1) is 22.9 Å².